The van der Waals surface area contributed by atoms with Crippen LogP contribution in [0.3, 0.4) is 0 Å². The van der Waals surface area contributed by atoms with Crippen LogP contribution in [0.1, 0.15) is 57.8 Å². The van der Waals surface area contributed by atoms with Crippen molar-refractivity contribution in [2.45, 2.75) is 62.1 Å². The molecule has 0 aromatic heterocycles. The van der Waals surface area contributed by atoms with Crippen LogP contribution in [0.5, 0.6) is 0 Å². The molecule has 1 amide bonds. The lowest BCUT2D eigenvalue weighted by Crippen LogP contribution is -2.53. The Hall–Kier alpha value is -1.11. The molecule has 0 aromatic rings. The first-order valence-corrected chi connectivity index (χ1v) is 11.3. The van der Waals surface area contributed by atoms with Crippen LogP contribution in [-0.4, -0.2) is 53.9 Å². The zero-order chi connectivity index (χ0) is 19.9. The van der Waals surface area contributed by atoms with Gasteiger partial charge in [-0.05, 0) is 68.6 Å². The van der Waals surface area contributed by atoms with E-state index in [-0.39, 0.29) is 40.1 Å². The van der Waals surface area contributed by atoms with Crippen molar-refractivity contribution in [1.29, 1.82) is 0 Å². The van der Waals surface area contributed by atoms with Gasteiger partial charge in [0.2, 0.25) is 0 Å². The Morgan fingerprint density at radius 3 is 2.29 bits per heavy atom. The largest absolute Gasteiger partial charge is 0.469 e. The summed E-state index contributed by atoms with van der Waals surface area (Å²) < 4.78 is 10.4. The van der Waals surface area contributed by atoms with Crippen LogP contribution < -0.4 is 0 Å². The molecule has 7 heteroatoms. The molecule has 0 radical (unpaired) electrons. The van der Waals surface area contributed by atoms with Crippen molar-refractivity contribution >= 4 is 33.8 Å². The van der Waals surface area contributed by atoms with Crippen molar-refractivity contribution in [1.82, 2.24) is 4.90 Å². The first kappa shape index (κ1) is 20.2. The van der Waals surface area contributed by atoms with Gasteiger partial charge in [-0.1, -0.05) is 15.9 Å². The Morgan fingerprint density at radius 2 is 1.71 bits per heavy atom. The van der Waals surface area contributed by atoms with Crippen molar-refractivity contribution in [3.8, 4) is 0 Å². The van der Waals surface area contributed by atoms with Crippen LogP contribution in [-0.2, 0) is 23.9 Å². The summed E-state index contributed by atoms with van der Waals surface area (Å²) in [5.74, 6) is 0.704. The Labute approximate surface area is 174 Å². The van der Waals surface area contributed by atoms with E-state index in [0.29, 0.717) is 32.4 Å². The predicted molar refractivity (Wildman–Crippen MR) is 106 cm³/mol. The van der Waals surface area contributed by atoms with E-state index in [0.717, 1.165) is 31.1 Å². The number of esters is 2. The third-order valence-electron chi connectivity index (χ3n) is 7.37. The van der Waals surface area contributed by atoms with E-state index in [1.54, 1.807) is 4.90 Å². The van der Waals surface area contributed by atoms with E-state index >= 15 is 0 Å². The number of carbonyl (C=O) groups excluding carboxylic acids is 3. The number of hydrogen-bond acceptors (Lipinski definition) is 5. The number of amides is 1. The second-order valence-electron chi connectivity index (χ2n) is 9.63. The molecule has 5 fully saturated rings. The summed E-state index contributed by atoms with van der Waals surface area (Å²) in [5.41, 5.74) is 0.0621. The average Bonchev–Trinajstić information content (AvgIpc) is 2.63. The zero-order valence-corrected chi connectivity index (χ0v) is 18.2. The normalized spacial score (nSPS) is 37.0. The standard InChI is InChI=1S/C21H30BrNO5/c1-27-19(26)16-2-4-23(5-3-16)17(24)12-28-18(25)11-20-7-14-6-15(8-20)10-21(22,9-14)13-20/h14-16H,2-13H2,1H3. The molecule has 2 atom stereocenters. The fourth-order valence-corrected chi connectivity index (χ4v) is 8.18. The first-order chi connectivity index (χ1) is 13.3. The van der Waals surface area contributed by atoms with Gasteiger partial charge in [0, 0.05) is 17.4 Å². The maximum absolute atomic E-state index is 12.5. The molecule has 1 saturated heterocycles. The number of halogens is 1. The second kappa shape index (κ2) is 7.62. The van der Waals surface area contributed by atoms with Gasteiger partial charge in [0.05, 0.1) is 19.4 Å². The fraction of sp³-hybridized carbons (Fsp3) is 0.857. The molecule has 1 heterocycles. The summed E-state index contributed by atoms with van der Waals surface area (Å²) in [6, 6.07) is 0. The van der Waals surface area contributed by atoms with Gasteiger partial charge < -0.3 is 14.4 Å². The number of likely N-dealkylation sites (tertiary alicyclic amines) is 1. The molecule has 6 nitrogen and oxygen atoms in total. The van der Waals surface area contributed by atoms with Crippen molar-refractivity contribution < 1.29 is 23.9 Å². The molecule has 4 aliphatic carbocycles. The first-order valence-electron chi connectivity index (χ1n) is 10.5. The highest BCUT2D eigenvalue weighted by Gasteiger charge is 2.57. The van der Waals surface area contributed by atoms with Crippen LogP contribution in [0.4, 0.5) is 0 Å². The van der Waals surface area contributed by atoms with E-state index in [9.17, 15) is 14.4 Å². The zero-order valence-electron chi connectivity index (χ0n) is 16.6. The topological polar surface area (TPSA) is 72.9 Å². The SMILES string of the molecule is COC(=O)C1CCN(C(=O)COC(=O)CC23CC4CC(CC(Br)(C4)C2)C3)CC1. The van der Waals surface area contributed by atoms with Gasteiger partial charge in [0.15, 0.2) is 6.61 Å². The maximum atomic E-state index is 12.5. The van der Waals surface area contributed by atoms with Crippen LogP contribution in [0.15, 0.2) is 0 Å². The van der Waals surface area contributed by atoms with Crippen molar-refractivity contribution in [2.75, 3.05) is 26.8 Å². The van der Waals surface area contributed by atoms with Crippen molar-refractivity contribution in [2.24, 2.45) is 23.2 Å². The molecule has 28 heavy (non-hydrogen) atoms. The van der Waals surface area contributed by atoms with E-state index in [2.05, 4.69) is 15.9 Å². The number of piperidine rings is 1. The predicted octanol–water partition coefficient (Wildman–Crippen LogP) is 3.07. The van der Waals surface area contributed by atoms with E-state index in [1.807, 2.05) is 0 Å². The van der Waals surface area contributed by atoms with Gasteiger partial charge in [-0.25, -0.2) is 0 Å². The second-order valence-corrected chi connectivity index (χ2v) is 11.3. The quantitative estimate of drug-likeness (QED) is 0.470. The smallest absolute Gasteiger partial charge is 0.308 e. The summed E-state index contributed by atoms with van der Waals surface area (Å²) >= 11 is 3.97. The monoisotopic (exact) mass is 455 g/mol. The van der Waals surface area contributed by atoms with Crippen molar-refractivity contribution in [3.63, 3.8) is 0 Å². The minimum Gasteiger partial charge on any atom is -0.469 e. The number of carbonyl (C=O) groups is 3. The lowest BCUT2D eigenvalue weighted by Gasteiger charge is -2.60. The summed E-state index contributed by atoms with van der Waals surface area (Å²) in [6.07, 6.45) is 8.73. The molecule has 0 aromatic carbocycles. The van der Waals surface area contributed by atoms with Gasteiger partial charge in [0.1, 0.15) is 0 Å². The summed E-state index contributed by atoms with van der Waals surface area (Å²) in [7, 11) is 1.39. The summed E-state index contributed by atoms with van der Waals surface area (Å²) in [4.78, 5) is 38.2. The molecule has 156 valence electrons. The highest BCUT2D eigenvalue weighted by Crippen LogP contribution is 2.65. The van der Waals surface area contributed by atoms with Crippen LogP contribution in [0, 0.1) is 23.2 Å². The van der Waals surface area contributed by atoms with Crippen LogP contribution in [0.2, 0.25) is 0 Å². The molecule has 5 rings (SSSR count). The van der Waals surface area contributed by atoms with E-state index in [1.165, 1.54) is 26.4 Å². The maximum Gasteiger partial charge on any atom is 0.308 e. The Kier molecular flexibility index (Phi) is 5.49. The van der Waals surface area contributed by atoms with Gasteiger partial charge >= 0.3 is 11.9 Å². The number of alkyl halides is 1. The minimum atomic E-state index is -0.240. The molecule has 5 aliphatic rings. The van der Waals surface area contributed by atoms with Crippen LogP contribution in [0.25, 0.3) is 0 Å². The molecule has 1 aliphatic heterocycles. The lowest BCUT2D eigenvalue weighted by molar-refractivity contribution is -0.158. The fourth-order valence-electron chi connectivity index (χ4n) is 6.66. The number of methoxy groups -OCH3 is 1. The van der Waals surface area contributed by atoms with Gasteiger partial charge in [-0.3, -0.25) is 14.4 Å². The number of rotatable bonds is 5. The van der Waals surface area contributed by atoms with Gasteiger partial charge in [0.25, 0.3) is 5.91 Å². The van der Waals surface area contributed by atoms with E-state index in [4.69, 9.17) is 9.47 Å². The lowest BCUT2D eigenvalue weighted by atomic mass is 9.49. The van der Waals surface area contributed by atoms with Crippen LogP contribution >= 0.6 is 15.9 Å². The Balaban J connectivity index is 1.24. The van der Waals surface area contributed by atoms with Crippen molar-refractivity contribution in [3.05, 3.63) is 0 Å². The molecule has 4 bridgehead atoms. The third kappa shape index (κ3) is 4.10. The summed E-state index contributed by atoms with van der Waals surface area (Å²) in [5, 5.41) is 0. The van der Waals surface area contributed by atoms with E-state index < -0.39 is 0 Å². The molecular weight excluding hydrogens is 426 g/mol. The molecule has 0 spiro atoms. The number of ether oxygens (including phenoxy) is 2. The minimum absolute atomic E-state index is 0.0621. The highest BCUT2D eigenvalue weighted by molar-refractivity contribution is 9.10. The molecule has 0 N–H and O–H groups in total. The van der Waals surface area contributed by atoms with Gasteiger partial charge in [-0.15, -0.1) is 0 Å². The number of hydrogen-bond donors (Lipinski definition) is 0. The average molecular weight is 456 g/mol. The Morgan fingerprint density at radius 1 is 1.07 bits per heavy atom. The summed E-state index contributed by atoms with van der Waals surface area (Å²) in [6.45, 7) is 0.829. The molecule has 2 unspecified atom stereocenters. The third-order valence-corrected chi connectivity index (χ3v) is 8.30. The molecule has 4 saturated carbocycles. The number of nitrogens with zero attached hydrogens (tertiary/aromatic N) is 1. The molecular formula is C21H30BrNO5. The van der Waals surface area contributed by atoms with Gasteiger partial charge in [-0.2, -0.15) is 0 Å². The Bertz CT molecular complexity index is 643. The highest BCUT2D eigenvalue weighted by atomic mass is 79.9.